The summed E-state index contributed by atoms with van der Waals surface area (Å²) in [6.45, 7) is 5.51. The molecule has 19 heavy (non-hydrogen) atoms. The summed E-state index contributed by atoms with van der Waals surface area (Å²) in [6, 6.07) is 0.628. The summed E-state index contributed by atoms with van der Waals surface area (Å²) in [6.07, 6.45) is 8.65. The first-order valence-corrected chi connectivity index (χ1v) is 7.55. The van der Waals surface area contributed by atoms with Crippen LogP contribution in [0, 0.1) is 0 Å². The van der Waals surface area contributed by atoms with Crippen molar-refractivity contribution in [2.24, 2.45) is 7.05 Å². The van der Waals surface area contributed by atoms with E-state index in [1.54, 1.807) is 4.68 Å². The Morgan fingerprint density at radius 2 is 2.21 bits per heavy atom. The number of rotatable bonds is 3. The Balaban J connectivity index is 1.76. The van der Waals surface area contributed by atoms with Crippen molar-refractivity contribution in [1.82, 2.24) is 25.2 Å². The molecule has 2 heterocycles. The molecule has 0 amide bonds. The number of hydrogen-bond acceptors (Lipinski definition) is 4. The third kappa shape index (κ3) is 2.54. The molecule has 0 radical (unpaired) electrons. The van der Waals surface area contributed by atoms with Crippen LogP contribution in [0.1, 0.15) is 44.7 Å². The Morgan fingerprint density at radius 3 is 2.84 bits per heavy atom. The van der Waals surface area contributed by atoms with Gasteiger partial charge in [0.25, 0.3) is 0 Å². The molecule has 1 spiro atoms. The van der Waals surface area contributed by atoms with Gasteiger partial charge in [-0.05, 0) is 19.3 Å². The average Bonchev–Trinajstić information content (AvgIpc) is 3.03. The van der Waals surface area contributed by atoms with E-state index in [2.05, 4.69) is 27.5 Å². The molecule has 1 aliphatic carbocycles. The van der Waals surface area contributed by atoms with Crippen LogP contribution in [0.5, 0.6) is 0 Å². The second kappa shape index (κ2) is 5.21. The molecule has 0 bridgehead atoms. The molecule has 1 aliphatic heterocycles. The lowest BCUT2D eigenvalue weighted by Crippen LogP contribution is -2.63. The van der Waals surface area contributed by atoms with Crippen LogP contribution >= 0.6 is 0 Å². The van der Waals surface area contributed by atoms with Crippen molar-refractivity contribution in [2.45, 2.75) is 57.2 Å². The average molecular weight is 263 g/mol. The highest BCUT2D eigenvalue weighted by molar-refractivity contribution is 5.04. The summed E-state index contributed by atoms with van der Waals surface area (Å²) in [5, 5.41) is 12.1. The highest BCUT2D eigenvalue weighted by Gasteiger charge is 2.43. The number of aromatic nitrogens is 3. The van der Waals surface area contributed by atoms with E-state index in [9.17, 15) is 0 Å². The maximum Gasteiger partial charge on any atom is 0.0967 e. The third-order valence-corrected chi connectivity index (χ3v) is 4.86. The molecule has 0 aromatic carbocycles. The van der Waals surface area contributed by atoms with Gasteiger partial charge >= 0.3 is 0 Å². The first-order valence-electron chi connectivity index (χ1n) is 7.55. The molecule has 2 aliphatic rings. The van der Waals surface area contributed by atoms with Crippen LogP contribution in [-0.2, 0) is 13.6 Å². The highest BCUT2D eigenvalue weighted by Crippen LogP contribution is 2.37. The topological polar surface area (TPSA) is 46.0 Å². The third-order valence-electron chi connectivity index (χ3n) is 4.86. The van der Waals surface area contributed by atoms with Crippen molar-refractivity contribution in [3.05, 3.63) is 11.9 Å². The second-order valence-corrected chi connectivity index (χ2v) is 6.18. The fraction of sp³-hybridized carbons (Fsp3) is 0.857. The molecule has 5 heteroatoms. The minimum absolute atomic E-state index is 0.378. The van der Waals surface area contributed by atoms with Crippen LogP contribution in [-0.4, -0.2) is 44.6 Å². The fourth-order valence-corrected chi connectivity index (χ4v) is 3.67. The highest BCUT2D eigenvalue weighted by atomic mass is 15.4. The summed E-state index contributed by atoms with van der Waals surface area (Å²) in [7, 11) is 1.94. The van der Waals surface area contributed by atoms with E-state index in [4.69, 9.17) is 0 Å². The van der Waals surface area contributed by atoms with Crippen LogP contribution in [0.25, 0.3) is 0 Å². The summed E-state index contributed by atoms with van der Waals surface area (Å²) >= 11 is 0. The van der Waals surface area contributed by atoms with Crippen molar-refractivity contribution in [3.63, 3.8) is 0 Å². The first-order chi connectivity index (χ1) is 9.22. The Morgan fingerprint density at radius 1 is 1.42 bits per heavy atom. The Labute approximate surface area is 115 Å². The standard InChI is InChI=1S/C14H25N5/c1-3-12-9-19(10-13-8-18(2)17-16-13)14(11-15-12)6-4-5-7-14/h8,12,15H,3-7,9-11H2,1-2H3. The zero-order chi connectivity index (χ0) is 13.3. The SMILES string of the molecule is CCC1CN(Cc2cn(C)nn2)C2(CCCC2)CN1. The zero-order valence-corrected chi connectivity index (χ0v) is 12.1. The van der Waals surface area contributed by atoms with Gasteiger partial charge in [-0.2, -0.15) is 0 Å². The predicted octanol–water partition coefficient (Wildman–Crippen LogP) is 1.31. The van der Waals surface area contributed by atoms with E-state index in [0.29, 0.717) is 11.6 Å². The number of nitrogens with zero attached hydrogens (tertiary/aromatic N) is 4. The molecular formula is C14H25N5. The normalized spacial score (nSPS) is 27.2. The maximum atomic E-state index is 4.27. The van der Waals surface area contributed by atoms with Gasteiger partial charge in [0.05, 0.1) is 5.69 Å². The van der Waals surface area contributed by atoms with E-state index in [0.717, 1.165) is 25.3 Å². The Kier molecular flexibility index (Phi) is 3.58. The van der Waals surface area contributed by atoms with Crippen molar-refractivity contribution in [1.29, 1.82) is 0 Å². The van der Waals surface area contributed by atoms with Crippen LogP contribution in [0.3, 0.4) is 0 Å². The maximum absolute atomic E-state index is 4.27. The van der Waals surface area contributed by atoms with Gasteiger partial charge in [0.15, 0.2) is 0 Å². The van der Waals surface area contributed by atoms with Gasteiger partial charge in [-0.3, -0.25) is 9.58 Å². The van der Waals surface area contributed by atoms with Gasteiger partial charge in [0.1, 0.15) is 0 Å². The van der Waals surface area contributed by atoms with Crippen LogP contribution < -0.4 is 5.32 Å². The molecule has 5 nitrogen and oxygen atoms in total. The largest absolute Gasteiger partial charge is 0.311 e. The first kappa shape index (κ1) is 13.1. The zero-order valence-electron chi connectivity index (χ0n) is 12.1. The van der Waals surface area contributed by atoms with Crippen LogP contribution in [0.2, 0.25) is 0 Å². The summed E-state index contributed by atoms with van der Waals surface area (Å²) in [5.74, 6) is 0. The minimum atomic E-state index is 0.378. The van der Waals surface area contributed by atoms with Gasteiger partial charge in [0.2, 0.25) is 0 Å². The molecular weight excluding hydrogens is 238 g/mol. The lowest BCUT2D eigenvalue weighted by atomic mass is 9.90. The predicted molar refractivity (Wildman–Crippen MR) is 74.7 cm³/mol. The molecule has 1 aromatic heterocycles. The molecule has 1 saturated heterocycles. The van der Waals surface area contributed by atoms with Crippen molar-refractivity contribution in [3.8, 4) is 0 Å². The summed E-state index contributed by atoms with van der Waals surface area (Å²) in [5.41, 5.74) is 1.48. The number of nitrogens with one attached hydrogen (secondary N) is 1. The molecule has 1 aromatic rings. The summed E-state index contributed by atoms with van der Waals surface area (Å²) in [4.78, 5) is 2.68. The summed E-state index contributed by atoms with van der Waals surface area (Å²) < 4.78 is 1.80. The van der Waals surface area contributed by atoms with E-state index >= 15 is 0 Å². The van der Waals surface area contributed by atoms with Gasteiger partial charge in [-0.15, -0.1) is 5.10 Å². The number of hydrogen-bond donors (Lipinski definition) is 1. The molecule has 106 valence electrons. The van der Waals surface area contributed by atoms with Gasteiger partial charge in [-0.25, -0.2) is 0 Å². The number of piperazine rings is 1. The molecule has 1 saturated carbocycles. The molecule has 1 atom stereocenters. The van der Waals surface area contributed by atoms with E-state index < -0.39 is 0 Å². The van der Waals surface area contributed by atoms with E-state index in [-0.39, 0.29) is 0 Å². The van der Waals surface area contributed by atoms with Crippen LogP contribution in [0.4, 0.5) is 0 Å². The molecule has 3 rings (SSSR count). The van der Waals surface area contributed by atoms with Gasteiger partial charge in [0, 0.05) is 44.5 Å². The smallest absolute Gasteiger partial charge is 0.0967 e. The van der Waals surface area contributed by atoms with E-state index in [1.807, 2.05) is 13.2 Å². The minimum Gasteiger partial charge on any atom is -0.311 e. The van der Waals surface area contributed by atoms with Crippen molar-refractivity contribution < 1.29 is 0 Å². The fourth-order valence-electron chi connectivity index (χ4n) is 3.67. The van der Waals surface area contributed by atoms with Crippen molar-refractivity contribution >= 4 is 0 Å². The molecule has 1 N–H and O–H groups in total. The van der Waals surface area contributed by atoms with Gasteiger partial charge < -0.3 is 5.32 Å². The molecule has 2 fully saturated rings. The van der Waals surface area contributed by atoms with Crippen molar-refractivity contribution in [2.75, 3.05) is 13.1 Å². The van der Waals surface area contributed by atoms with Gasteiger partial charge in [-0.1, -0.05) is 25.0 Å². The second-order valence-electron chi connectivity index (χ2n) is 6.18. The number of aryl methyl sites for hydroxylation is 1. The lowest BCUT2D eigenvalue weighted by molar-refractivity contribution is 0.0338. The Bertz CT molecular complexity index is 421. The van der Waals surface area contributed by atoms with Crippen LogP contribution in [0.15, 0.2) is 6.20 Å². The van der Waals surface area contributed by atoms with E-state index in [1.165, 1.54) is 32.1 Å². The molecule has 1 unspecified atom stereocenters. The lowest BCUT2D eigenvalue weighted by Gasteiger charge is -2.48. The quantitative estimate of drug-likeness (QED) is 0.893. The monoisotopic (exact) mass is 263 g/mol. The Hall–Kier alpha value is -0.940.